The van der Waals surface area contributed by atoms with Crippen LogP contribution in [-0.4, -0.2) is 44.0 Å². The van der Waals surface area contributed by atoms with Crippen LogP contribution in [0.15, 0.2) is 41.3 Å². The topological polar surface area (TPSA) is 68.7 Å². The highest BCUT2D eigenvalue weighted by atomic mass is 32.2. The maximum atomic E-state index is 13.0. The van der Waals surface area contributed by atoms with Gasteiger partial charge >= 0.3 is 0 Å². The second kappa shape index (κ2) is 7.01. The average Bonchev–Trinajstić information content (AvgIpc) is 3.04. The molecule has 1 unspecified atom stereocenters. The Kier molecular flexibility index (Phi) is 4.96. The number of methoxy groups -OCH3 is 1. The Morgan fingerprint density at radius 2 is 2.00 bits per heavy atom. The number of nitrogens with zero attached hydrogens (tertiary/aromatic N) is 2. The predicted octanol–water partition coefficient (Wildman–Crippen LogP) is 2.55. The molecule has 0 saturated carbocycles. The second-order valence-corrected chi connectivity index (χ2v) is 8.07. The van der Waals surface area contributed by atoms with E-state index >= 15 is 0 Å². The second-order valence-electron chi connectivity index (χ2n) is 6.16. The Hall–Kier alpha value is -2.12. The lowest BCUT2D eigenvalue weighted by atomic mass is 10.2. The van der Waals surface area contributed by atoms with Crippen LogP contribution in [0.1, 0.15) is 17.7 Å². The minimum absolute atomic E-state index is 0.198. The third-order valence-electron chi connectivity index (χ3n) is 4.19. The van der Waals surface area contributed by atoms with Crippen molar-refractivity contribution in [3.63, 3.8) is 0 Å². The fraction of sp³-hybridized carbons (Fsp3) is 0.389. The van der Waals surface area contributed by atoms with Gasteiger partial charge in [-0.15, -0.1) is 0 Å². The Bertz CT molecular complexity index is 867. The molecule has 0 bridgehead atoms. The third-order valence-corrected chi connectivity index (χ3v) is 6.08. The minimum atomic E-state index is -3.63. The van der Waals surface area contributed by atoms with E-state index in [1.54, 1.807) is 18.2 Å². The first kappa shape index (κ1) is 17.7. The molecular weight excluding hydrogens is 340 g/mol. The highest BCUT2D eigenvalue weighted by Gasteiger charge is 2.35. The van der Waals surface area contributed by atoms with Crippen molar-refractivity contribution >= 4 is 10.0 Å². The number of aromatic nitrogens is 1. The van der Waals surface area contributed by atoms with Crippen molar-refractivity contribution in [2.24, 2.45) is 0 Å². The number of ether oxygens (including phenoxy) is 2. The van der Waals surface area contributed by atoms with Crippen LogP contribution < -0.4 is 9.47 Å². The molecule has 2 aromatic rings. The summed E-state index contributed by atoms with van der Waals surface area (Å²) in [5, 5.41) is 0. The summed E-state index contributed by atoms with van der Waals surface area (Å²) in [5.41, 5.74) is 1.74. The van der Waals surface area contributed by atoms with E-state index in [0.717, 1.165) is 11.3 Å². The summed E-state index contributed by atoms with van der Waals surface area (Å²) in [5.74, 6) is 0.882. The molecule has 134 valence electrons. The Labute approximate surface area is 148 Å². The molecule has 1 saturated heterocycles. The molecule has 25 heavy (non-hydrogen) atoms. The summed E-state index contributed by atoms with van der Waals surface area (Å²) in [6, 6.07) is 10.7. The molecular formula is C18H22N2O4S. The van der Waals surface area contributed by atoms with Gasteiger partial charge in [0.05, 0.1) is 13.7 Å². The quantitative estimate of drug-likeness (QED) is 0.818. The van der Waals surface area contributed by atoms with Crippen molar-refractivity contribution in [3.8, 4) is 11.6 Å². The number of rotatable bonds is 5. The molecule has 1 fully saturated rings. The van der Waals surface area contributed by atoms with Crippen LogP contribution in [0.25, 0.3) is 0 Å². The van der Waals surface area contributed by atoms with Gasteiger partial charge in [0.25, 0.3) is 0 Å². The van der Waals surface area contributed by atoms with Crippen LogP contribution in [0.3, 0.4) is 0 Å². The smallest absolute Gasteiger partial charge is 0.246 e. The highest BCUT2D eigenvalue weighted by Crippen LogP contribution is 2.30. The van der Waals surface area contributed by atoms with E-state index in [1.807, 2.05) is 32.0 Å². The first-order valence-corrected chi connectivity index (χ1v) is 9.59. The van der Waals surface area contributed by atoms with Gasteiger partial charge in [0.2, 0.25) is 15.9 Å². The largest absolute Gasteiger partial charge is 0.495 e. The highest BCUT2D eigenvalue weighted by molar-refractivity contribution is 7.89. The summed E-state index contributed by atoms with van der Waals surface area (Å²) in [7, 11) is -2.15. The van der Waals surface area contributed by atoms with Crippen LogP contribution >= 0.6 is 0 Å². The van der Waals surface area contributed by atoms with Crippen LogP contribution in [0.2, 0.25) is 0 Å². The molecule has 1 aromatic carbocycles. The molecule has 0 aliphatic carbocycles. The lowest BCUT2D eigenvalue weighted by molar-refractivity contribution is 0.206. The maximum Gasteiger partial charge on any atom is 0.246 e. The van der Waals surface area contributed by atoms with Gasteiger partial charge in [0.1, 0.15) is 16.7 Å². The summed E-state index contributed by atoms with van der Waals surface area (Å²) in [6.45, 7) is 4.46. The fourth-order valence-electron chi connectivity index (χ4n) is 2.89. The molecule has 0 amide bonds. The summed E-state index contributed by atoms with van der Waals surface area (Å²) in [6.07, 6.45) is 0.420. The van der Waals surface area contributed by atoms with Gasteiger partial charge in [-0.2, -0.15) is 4.31 Å². The number of pyridine rings is 1. The van der Waals surface area contributed by atoms with Crippen molar-refractivity contribution in [1.82, 2.24) is 9.29 Å². The normalized spacial score (nSPS) is 18.3. The minimum Gasteiger partial charge on any atom is -0.495 e. The zero-order valence-corrected chi connectivity index (χ0v) is 15.4. The Morgan fingerprint density at radius 1 is 1.20 bits per heavy atom. The standard InChI is InChI=1S/C18H22N2O4S/c1-13-7-8-16(23-3)17(11-13)25(21,22)20-10-9-15(12-20)24-18-6-4-5-14(2)19-18/h4-8,11,15H,9-10,12H2,1-3H3. The van der Waals surface area contributed by atoms with Crippen LogP contribution in [-0.2, 0) is 10.0 Å². The Balaban J connectivity index is 1.78. The third kappa shape index (κ3) is 3.77. The van der Waals surface area contributed by atoms with Gasteiger partial charge in [-0.25, -0.2) is 13.4 Å². The monoisotopic (exact) mass is 362 g/mol. The zero-order valence-electron chi connectivity index (χ0n) is 14.6. The molecule has 1 aliphatic rings. The van der Waals surface area contributed by atoms with E-state index in [2.05, 4.69) is 4.98 Å². The SMILES string of the molecule is COc1ccc(C)cc1S(=O)(=O)N1CCC(Oc2cccc(C)n2)C1. The number of hydrogen-bond acceptors (Lipinski definition) is 5. The van der Waals surface area contributed by atoms with Crippen molar-refractivity contribution in [3.05, 3.63) is 47.7 Å². The van der Waals surface area contributed by atoms with Gasteiger partial charge in [-0.05, 0) is 44.0 Å². The summed E-state index contributed by atoms with van der Waals surface area (Å²) >= 11 is 0. The molecule has 2 heterocycles. The molecule has 6 nitrogen and oxygen atoms in total. The number of sulfonamides is 1. The molecule has 0 N–H and O–H groups in total. The van der Waals surface area contributed by atoms with Crippen molar-refractivity contribution in [2.45, 2.75) is 31.3 Å². The Morgan fingerprint density at radius 3 is 2.72 bits per heavy atom. The summed E-state index contributed by atoms with van der Waals surface area (Å²) in [4.78, 5) is 4.51. The van der Waals surface area contributed by atoms with Crippen molar-refractivity contribution < 1.29 is 17.9 Å². The number of hydrogen-bond donors (Lipinski definition) is 0. The van der Waals surface area contributed by atoms with E-state index < -0.39 is 10.0 Å². The maximum absolute atomic E-state index is 13.0. The fourth-order valence-corrected chi connectivity index (χ4v) is 4.62. The van der Waals surface area contributed by atoms with E-state index in [4.69, 9.17) is 9.47 Å². The van der Waals surface area contributed by atoms with Crippen LogP contribution in [0, 0.1) is 13.8 Å². The molecule has 0 radical (unpaired) electrons. The van der Waals surface area contributed by atoms with Gasteiger partial charge in [0, 0.05) is 18.3 Å². The first-order chi connectivity index (χ1) is 11.9. The molecule has 0 spiro atoms. The van der Waals surface area contributed by atoms with Gasteiger partial charge in [-0.1, -0.05) is 12.1 Å². The lowest BCUT2D eigenvalue weighted by Gasteiger charge is -2.19. The first-order valence-electron chi connectivity index (χ1n) is 8.15. The van der Waals surface area contributed by atoms with E-state index in [-0.39, 0.29) is 11.0 Å². The van der Waals surface area contributed by atoms with E-state index in [1.165, 1.54) is 11.4 Å². The summed E-state index contributed by atoms with van der Waals surface area (Å²) < 4.78 is 38.5. The van der Waals surface area contributed by atoms with Gasteiger partial charge in [-0.3, -0.25) is 0 Å². The molecule has 1 aliphatic heterocycles. The molecule has 1 atom stereocenters. The van der Waals surface area contributed by atoms with Crippen LogP contribution in [0.4, 0.5) is 0 Å². The zero-order chi connectivity index (χ0) is 18.0. The van der Waals surface area contributed by atoms with Gasteiger partial charge in [0.15, 0.2) is 0 Å². The van der Waals surface area contributed by atoms with Gasteiger partial charge < -0.3 is 9.47 Å². The van der Waals surface area contributed by atoms with Crippen LogP contribution in [0.5, 0.6) is 11.6 Å². The molecule has 3 rings (SSSR count). The lowest BCUT2D eigenvalue weighted by Crippen LogP contribution is -2.31. The number of aryl methyl sites for hydroxylation is 2. The molecule has 1 aromatic heterocycles. The number of benzene rings is 1. The van der Waals surface area contributed by atoms with E-state index in [0.29, 0.717) is 31.1 Å². The van der Waals surface area contributed by atoms with Crippen molar-refractivity contribution in [1.29, 1.82) is 0 Å². The molecule has 7 heteroatoms. The average molecular weight is 362 g/mol. The van der Waals surface area contributed by atoms with E-state index in [9.17, 15) is 8.42 Å². The van der Waals surface area contributed by atoms with Crippen molar-refractivity contribution in [2.75, 3.05) is 20.2 Å². The predicted molar refractivity (Wildman–Crippen MR) is 94.5 cm³/mol.